The van der Waals surface area contributed by atoms with Crippen LogP contribution >= 0.6 is 0 Å². The first-order valence-electron chi connectivity index (χ1n) is 7.59. The largest absolute Gasteiger partial charge is 0.491 e. The molecule has 0 radical (unpaired) electrons. The van der Waals surface area contributed by atoms with E-state index in [9.17, 15) is 13.4 Å². The monoisotopic (exact) mass is 349 g/mol. The second-order valence-corrected chi connectivity index (χ2v) is 7.02. The van der Waals surface area contributed by atoms with Crippen molar-refractivity contribution in [3.63, 3.8) is 0 Å². The SMILES string of the molecule is CC(C)Oc1ccccc1C[S@](=O)CC(=O)Nc1cccc(F)c1. The first kappa shape index (κ1) is 18.1. The summed E-state index contributed by atoms with van der Waals surface area (Å²) in [5.74, 6) is -0.118. The van der Waals surface area contributed by atoms with E-state index in [1.807, 2.05) is 38.1 Å². The lowest BCUT2D eigenvalue weighted by Crippen LogP contribution is -2.20. The van der Waals surface area contributed by atoms with Crippen LogP contribution in [-0.4, -0.2) is 22.0 Å². The topological polar surface area (TPSA) is 55.4 Å². The molecule has 0 aromatic heterocycles. The van der Waals surface area contributed by atoms with Gasteiger partial charge in [-0.25, -0.2) is 4.39 Å². The van der Waals surface area contributed by atoms with Gasteiger partial charge in [-0.15, -0.1) is 0 Å². The smallest absolute Gasteiger partial charge is 0.237 e. The molecule has 2 rings (SSSR count). The molecule has 0 saturated heterocycles. The van der Waals surface area contributed by atoms with Crippen molar-refractivity contribution in [2.45, 2.75) is 25.7 Å². The number of rotatable bonds is 7. The fourth-order valence-electron chi connectivity index (χ4n) is 2.13. The van der Waals surface area contributed by atoms with Gasteiger partial charge in [0.05, 0.1) is 11.9 Å². The highest BCUT2D eigenvalue weighted by molar-refractivity contribution is 7.85. The van der Waals surface area contributed by atoms with E-state index in [1.165, 1.54) is 18.2 Å². The summed E-state index contributed by atoms with van der Waals surface area (Å²) in [6, 6.07) is 12.9. The summed E-state index contributed by atoms with van der Waals surface area (Å²) >= 11 is 0. The minimum absolute atomic E-state index is 0.0101. The standard InChI is InChI=1S/C18H20FNO3S/c1-13(2)23-17-9-4-3-6-14(17)11-24(22)12-18(21)20-16-8-5-7-15(19)10-16/h3-10,13H,11-12H2,1-2H3,(H,20,21)/t24-/m0/s1. The number of carbonyl (C=O) groups is 1. The normalized spacial score (nSPS) is 12.0. The Kier molecular flexibility index (Phi) is 6.49. The van der Waals surface area contributed by atoms with E-state index in [1.54, 1.807) is 6.07 Å². The molecule has 0 aliphatic carbocycles. The van der Waals surface area contributed by atoms with Crippen LogP contribution in [0.2, 0.25) is 0 Å². The van der Waals surface area contributed by atoms with E-state index in [-0.39, 0.29) is 17.6 Å². The number of hydrogen-bond donors (Lipinski definition) is 1. The molecular formula is C18H20FNO3S. The predicted molar refractivity (Wildman–Crippen MR) is 93.9 cm³/mol. The lowest BCUT2D eigenvalue weighted by molar-refractivity contribution is -0.113. The highest BCUT2D eigenvalue weighted by Gasteiger charge is 2.13. The maximum Gasteiger partial charge on any atom is 0.237 e. The number of nitrogens with one attached hydrogen (secondary N) is 1. The van der Waals surface area contributed by atoms with Crippen molar-refractivity contribution < 1.29 is 18.1 Å². The van der Waals surface area contributed by atoms with Crippen LogP contribution in [-0.2, 0) is 21.3 Å². The lowest BCUT2D eigenvalue weighted by atomic mass is 10.2. The van der Waals surface area contributed by atoms with Gasteiger partial charge in [0, 0.05) is 22.1 Å². The third kappa shape index (κ3) is 5.77. The minimum Gasteiger partial charge on any atom is -0.491 e. The zero-order chi connectivity index (χ0) is 17.5. The number of carbonyl (C=O) groups excluding carboxylic acids is 1. The predicted octanol–water partition coefficient (Wildman–Crippen LogP) is 3.50. The molecule has 2 aromatic carbocycles. The highest BCUT2D eigenvalue weighted by Crippen LogP contribution is 2.21. The Morgan fingerprint density at radius 2 is 1.96 bits per heavy atom. The molecule has 0 aliphatic rings. The van der Waals surface area contributed by atoms with Crippen molar-refractivity contribution in [2.75, 3.05) is 11.1 Å². The van der Waals surface area contributed by atoms with Crippen molar-refractivity contribution in [2.24, 2.45) is 0 Å². The van der Waals surface area contributed by atoms with Gasteiger partial charge in [0.2, 0.25) is 5.91 Å². The van der Waals surface area contributed by atoms with Gasteiger partial charge in [-0.05, 0) is 38.1 Å². The summed E-state index contributed by atoms with van der Waals surface area (Å²) in [5, 5.41) is 2.54. The van der Waals surface area contributed by atoms with Crippen LogP contribution in [0.15, 0.2) is 48.5 Å². The van der Waals surface area contributed by atoms with Crippen LogP contribution in [0.1, 0.15) is 19.4 Å². The van der Waals surface area contributed by atoms with E-state index in [4.69, 9.17) is 4.74 Å². The van der Waals surface area contributed by atoms with Gasteiger partial charge in [-0.3, -0.25) is 9.00 Å². The van der Waals surface area contributed by atoms with Crippen molar-refractivity contribution in [3.8, 4) is 5.75 Å². The summed E-state index contributed by atoms with van der Waals surface area (Å²) in [5.41, 5.74) is 1.14. The van der Waals surface area contributed by atoms with Crippen molar-refractivity contribution >= 4 is 22.4 Å². The average Bonchev–Trinajstić information content (AvgIpc) is 2.48. The summed E-state index contributed by atoms with van der Waals surface area (Å²) in [4.78, 5) is 11.9. The number of anilines is 1. The Morgan fingerprint density at radius 3 is 2.67 bits per heavy atom. The number of benzene rings is 2. The van der Waals surface area contributed by atoms with E-state index in [0.29, 0.717) is 11.4 Å². The first-order chi connectivity index (χ1) is 11.4. The van der Waals surface area contributed by atoms with E-state index in [0.717, 1.165) is 5.56 Å². The third-order valence-electron chi connectivity index (χ3n) is 3.05. The van der Waals surface area contributed by atoms with Crippen LogP contribution in [0.3, 0.4) is 0 Å². The van der Waals surface area contributed by atoms with Crippen LogP contribution < -0.4 is 10.1 Å². The lowest BCUT2D eigenvalue weighted by Gasteiger charge is -2.14. The molecule has 1 amide bonds. The molecule has 1 N–H and O–H groups in total. The summed E-state index contributed by atoms with van der Waals surface area (Å²) in [6.45, 7) is 3.83. The second kappa shape index (κ2) is 8.59. The number of para-hydroxylation sites is 1. The van der Waals surface area contributed by atoms with E-state index >= 15 is 0 Å². The second-order valence-electron chi connectivity index (χ2n) is 5.56. The van der Waals surface area contributed by atoms with Gasteiger partial charge in [0.15, 0.2) is 0 Å². The number of halogens is 1. The molecule has 1 atom stereocenters. The van der Waals surface area contributed by atoms with Gasteiger partial charge in [-0.2, -0.15) is 0 Å². The Hall–Kier alpha value is -2.21. The molecule has 24 heavy (non-hydrogen) atoms. The average molecular weight is 349 g/mol. The van der Waals surface area contributed by atoms with Crippen molar-refractivity contribution in [1.29, 1.82) is 0 Å². The molecular weight excluding hydrogens is 329 g/mol. The van der Waals surface area contributed by atoms with Crippen LogP contribution in [0, 0.1) is 5.82 Å². The Labute approximate surface area is 143 Å². The quantitative estimate of drug-likeness (QED) is 0.832. The molecule has 0 fully saturated rings. The number of ether oxygens (including phenoxy) is 1. The highest BCUT2D eigenvalue weighted by atomic mass is 32.2. The van der Waals surface area contributed by atoms with Gasteiger partial charge in [0.25, 0.3) is 0 Å². The van der Waals surface area contributed by atoms with Crippen LogP contribution in [0.25, 0.3) is 0 Å². The Morgan fingerprint density at radius 1 is 1.21 bits per heavy atom. The molecule has 128 valence electrons. The van der Waals surface area contributed by atoms with Gasteiger partial charge >= 0.3 is 0 Å². The molecule has 4 nitrogen and oxygen atoms in total. The van der Waals surface area contributed by atoms with Gasteiger partial charge in [-0.1, -0.05) is 24.3 Å². The number of hydrogen-bond acceptors (Lipinski definition) is 3. The minimum atomic E-state index is -1.39. The fraction of sp³-hybridized carbons (Fsp3) is 0.278. The maximum absolute atomic E-state index is 13.1. The van der Waals surface area contributed by atoms with Crippen LogP contribution in [0.5, 0.6) is 5.75 Å². The molecule has 0 spiro atoms. The van der Waals surface area contributed by atoms with Crippen LogP contribution in [0.4, 0.5) is 10.1 Å². The number of amides is 1. The summed E-state index contributed by atoms with van der Waals surface area (Å²) in [7, 11) is -1.39. The van der Waals surface area contributed by atoms with Gasteiger partial charge < -0.3 is 10.1 Å². The molecule has 0 heterocycles. The molecule has 0 aliphatic heterocycles. The third-order valence-corrected chi connectivity index (χ3v) is 4.27. The molecule has 0 saturated carbocycles. The molecule has 0 unspecified atom stereocenters. The zero-order valence-electron chi connectivity index (χ0n) is 13.6. The fourth-order valence-corrected chi connectivity index (χ4v) is 3.18. The molecule has 2 aromatic rings. The summed E-state index contributed by atoms with van der Waals surface area (Å²) in [6.07, 6.45) is 0.0101. The van der Waals surface area contributed by atoms with Crippen molar-refractivity contribution in [3.05, 3.63) is 59.9 Å². The van der Waals surface area contributed by atoms with E-state index in [2.05, 4.69) is 5.32 Å². The Balaban J connectivity index is 1.94. The zero-order valence-corrected chi connectivity index (χ0v) is 14.4. The summed E-state index contributed by atoms with van der Waals surface area (Å²) < 4.78 is 31.0. The maximum atomic E-state index is 13.1. The first-order valence-corrected chi connectivity index (χ1v) is 9.08. The van der Waals surface area contributed by atoms with Crippen molar-refractivity contribution in [1.82, 2.24) is 0 Å². The molecule has 6 heteroatoms. The van der Waals surface area contributed by atoms with Gasteiger partial charge in [0.1, 0.15) is 17.3 Å². The van der Waals surface area contributed by atoms with E-state index < -0.39 is 22.5 Å². The Bertz CT molecular complexity index is 734. The molecule has 0 bridgehead atoms.